The first-order valence-electron chi connectivity index (χ1n) is 15.1. The van der Waals surface area contributed by atoms with E-state index in [1.165, 1.54) is 16.9 Å². The van der Waals surface area contributed by atoms with Gasteiger partial charge in [-0.15, -0.1) is 11.3 Å². The van der Waals surface area contributed by atoms with Gasteiger partial charge in [0, 0.05) is 49.7 Å². The van der Waals surface area contributed by atoms with Crippen molar-refractivity contribution in [1.82, 2.24) is 10.2 Å². The summed E-state index contributed by atoms with van der Waals surface area (Å²) >= 11 is 7.39. The van der Waals surface area contributed by atoms with E-state index in [-0.39, 0.29) is 23.1 Å². The van der Waals surface area contributed by atoms with Crippen molar-refractivity contribution in [2.75, 3.05) is 50.5 Å². The van der Waals surface area contributed by atoms with Gasteiger partial charge >= 0.3 is 0 Å². The number of amides is 2. The molecule has 1 aromatic heterocycles. The molecule has 2 amide bonds. The molecule has 1 aromatic carbocycles. The largest absolute Gasteiger partial charge is 0.497 e. The molecule has 5 rings (SSSR count). The predicted molar refractivity (Wildman–Crippen MR) is 177 cm³/mol. The Morgan fingerprint density at radius 2 is 1.88 bits per heavy atom. The third kappa shape index (κ3) is 7.73. The molecule has 0 bridgehead atoms. The van der Waals surface area contributed by atoms with Crippen molar-refractivity contribution >= 4 is 46.1 Å². The van der Waals surface area contributed by atoms with Crippen molar-refractivity contribution in [3.63, 3.8) is 0 Å². The number of benzene rings is 1. The Bertz CT molecular complexity index is 1440. The van der Waals surface area contributed by atoms with Crippen LogP contribution in [-0.4, -0.2) is 56.5 Å². The number of halogens is 1. The molecule has 0 spiro atoms. The number of nitrogens with zero attached hydrogens (tertiary/aromatic N) is 1. The zero-order valence-corrected chi connectivity index (χ0v) is 26.5. The highest BCUT2D eigenvalue weighted by atomic mass is 35.5. The monoisotopic (exact) mass is 620 g/mol. The number of methoxy groups -OCH3 is 1. The number of carbonyl (C=O) groups excluding carboxylic acids is 2. The summed E-state index contributed by atoms with van der Waals surface area (Å²) in [6, 6.07) is 9.88. The molecule has 2 aliphatic carbocycles. The van der Waals surface area contributed by atoms with E-state index in [1.807, 2.05) is 28.5 Å². The minimum absolute atomic E-state index is 0.122. The third-order valence-electron chi connectivity index (χ3n) is 8.51. The Kier molecular flexibility index (Phi) is 10.3. The van der Waals surface area contributed by atoms with E-state index in [1.54, 1.807) is 13.2 Å². The highest BCUT2D eigenvalue weighted by molar-refractivity contribution is 7.12. The number of hydrogen-bond acceptors (Lipinski definition) is 6. The normalized spacial score (nSPS) is 21.5. The molecule has 43 heavy (non-hydrogen) atoms. The maximum atomic E-state index is 13.1. The Balaban J connectivity index is 1.13. The van der Waals surface area contributed by atoms with Gasteiger partial charge < -0.3 is 25.6 Å². The summed E-state index contributed by atoms with van der Waals surface area (Å²) in [6.45, 7) is 5.87. The number of allylic oxidation sites excluding steroid dienone is 6. The van der Waals surface area contributed by atoms with Crippen molar-refractivity contribution in [2.45, 2.75) is 39.0 Å². The van der Waals surface area contributed by atoms with Crippen LogP contribution < -0.4 is 16.0 Å². The number of anilines is 2. The first kappa shape index (κ1) is 31.0. The van der Waals surface area contributed by atoms with Gasteiger partial charge in [-0.3, -0.25) is 9.59 Å². The van der Waals surface area contributed by atoms with Crippen molar-refractivity contribution in [1.29, 1.82) is 0 Å². The lowest BCUT2D eigenvalue weighted by atomic mass is 9.67. The quantitative estimate of drug-likeness (QED) is 0.222. The van der Waals surface area contributed by atoms with Crippen molar-refractivity contribution in [2.24, 2.45) is 11.3 Å². The highest BCUT2D eigenvalue weighted by Gasteiger charge is 2.37. The van der Waals surface area contributed by atoms with E-state index in [9.17, 15) is 9.59 Å². The molecule has 2 unspecified atom stereocenters. The van der Waals surface area contributed by atoms with Crippen LogP contribution in [-0.2, 0) is 9.53 Å². The lowest BCUT2D eigenvalue weighted by molar-refractivity contribution is -0.126. The fraction of sp³-hybridized carbons (Fsp3) is 0.412. The molecule has 228 valence electrons. The van der Waals surface area contributed by atoms with E-state index in [0.29, 0.717) is 23.0 Å². The van der Waals surface area contributed by atoms with Crippen LogP contribution in [0, 0.1) is 11.3 Å². The predicted octanol–water partition coefficient (Wildman–Crippen LogP) is 7.04. The summed E-state index contributed by atoms with van der Waals surface area (Å²) in [5.41, 5.74) is 4.00. The SMILES string of the molecule is COC1=CCC(C2(C)C=CC=C(C(=O)N3CCCC3)C2)C=C1CCNc1cccc(NCCNC(=O)c2sccc2Cl)c1. The van der Waals surface area contributed by atoms with Crippen molar-refractivity contribution < 1.29 is 14.3 Å². The lowest BCUT2D eigenvalue weighted by Crippen LogP contribution is -2.34. The van der Waals surface area contributed by atoms with Crippen LogP contribution in [0.4, 0.5) is 11.4 Å². The molecule has 2 heterocycles. The summed E-state index contributed by atoms with van der Waals surface area (Å²) in [5, 5.41) is 12.1. The standard InChI is InChI=1S/C34H41ClN4O3S/c1-34(14-6-7-25(23-34)33(41)39-18-3-4-19-39)26-10-11-30(42-2)24(21-26)12-15-36-27-8-5-9-28(22-27)37-16-17-38-32(40)31-29(35)13-20-43-31/h5-9,11,13-14,20-22,26,36-37H,3-4,10,12,15-19,23H2,1-2H3,(H,38,40). The topological polar surface area (TPSA) is 82.7 Å². The molecule has 0 radical (unpaired) electrons. The zero-order valence-electron chi connectivity index (χ0n) is 25.0. The first-order chi connectivity index (χ1) is 20.9. The van der Waals surface area contributed by atoms with Crippen LogP contribution in [0.15, 0.2) is 83.0 Å². The maximum absolute atomic E-state index is 13.1. The molecule has 2 atom stereocenters. The lowest BCUT2D eigenvalue weighted by Gasteiger charge is -2.38. The van der Waals surface area contributed by atoms with E-state index in [4.69, 9.17) is 16.3 Å². The molecule has 2 aromatic rings. The summed E-state index contributed by atoms with van der Waals surface area (Å²) < 4.78 is 5.75. The summed E-state index contributed by atoms with van der Waals surface area (Å²) in [5.74, 6) is 1.28. The van der Waals surface area contributed by atoms with Crippen LogP contribution in [0.25, 0.3) is 0 Å². The number of thiophene rings is 1. The average molecular weight is 621 g/mol. The van der Waals surface area contributed by atoms with Gasteiger partial charge in [-0.25, -0.2) is 0 Å². The Morgan fingerprint density at radius 1 is 1.12 bits per heavy atom. The van der Waals surface area contributed by atoms with Gasteiger partial charge in [-0.1, -0.05) is 48.9 Å². The summed E-state index contributed by atoms with van der Waals surface area (Å²) in [7, 11) is 1.73. The van der Waals surface area contributed by atoms with Gasteiger partial charge in [-0.05, 0) is 84.7 Å². The van der Waals surface area contributed by atoms with Crippen LogP contribution >= 0.6 is 22.9 Å². The second-order valence-electron chi connectivity index (χ2n) is 11.6. The van der Waals surface area contributed by atoms with E-state index < -0.39 is 0 Å². The summed E-state index contributed by atoms with van der Waals surface area (Å²) in [6.07, 6.45) is 15.6. The fourth-order valence-electron chi connectivity index (χ4n) is 6.08. The van der Waals surface area contributed by atoms with Gasteiger partial charge in [0.1, 0.15) is 10.6 Å². The summed E-state index contributed by atoms with van der Waals surface area (Å²) in [4.78, 5) is 27.9. The number of hydrogen-bond donors (Lipinski definition) is 3. The minimum atomic E-state index is -0.151. The third-order valence-corrected chi connectivity index (χ3v) is 9.85. The molecule has 0 saturated carbocycles. The van der Waals surface area contributed by atoms with Gasteiger partial charge in [0.2, 0.25) is 5.91 Å². The van der Waals surface area contributed by atoms with Crippen LogP contribution in [0.5, 0.6) is 0 Å². The van der Waals surface area contributed by atoms with E-state index in [2.05, 4.69) is 59.3 Å². The second kappa shape index (κ2) is 14.3. The second-order valence-corrected chi connectivity index (χ2v) is 12.9. The molecule has 1 aliphatic heterocycles. The molecule has 7 nitrogen and oxygen atoms in total. The van der Waals surface area contributed by atoms with Gasteiger partial charge in [-0.2, -0.15) is 0 Å². The molecular weight excluding hydrogens is 580 g/mol. The zero-order chi connectivity index (χ0) is 30.2. The van der Waals surface area contributed by atoms with Crippen molar-refractivity contribution in [3.8, 4) is 0 Å². The Labute approximate surface area is 263 Å². The smallest absolute Gasteiger partial charge is 0.262 e. The number of nitrogens with one attached hydrogen (secondary N) is 3. The molecule has 3 N–H and O–H groups in total. The minimum Gasteiger partial charge on any atom is -0.497 e. The number of carbonyl (C=O) groups is 2. The van der Waals surface area contributed by atoms with Crippen LogP contribution in [0.1, 0.15) is 48.7 Å². The maximum Gasteiger partial charge on any atom is 0.262 e. The highest BCUT2D eigenvalue weighted by Crippen LogP contribution is 2.44. The fourth-order valence-corrected chi connectivity index (χ4v) is 7.13. The molecule has 1 fully saturated rings. The first-order valence-corrected chi connectivity index (χ1v) is 16.3. The Morgan fingerprint density at radius 3 is 2.60 bits per heavy atom. The average Bonchev–Trinajstić information content (AvgIpc) is 3.71. The number of ether oxygens (including phenoxy) is 1. The van der Waals surface area contributed by atoms with Gasteiger partial charge in [0.25, 0.3) is 5.91 Å². The van der Waals surface area contributed by atoms with Gasteiger partial charge in [0.05, 0.1) is 12.1 Å². The van der Waals surface area contributed by atoms with E-state index >= 15 is 0 Å². The van der Waals surface area contributed by atoms with Gasteiger partial charge in [0.15, 0.2) is 0 Å². The number of rotatable bonds is 12. The molecule has 9 heteroatoms. The van der Waals surface area contributed by atoms with Crippen LogP contribution in [0.3, 0.4) is 0 Å². The molecule has 1 saturated heterocycles. The van der Waals surface area contributed by atoms with Crippen molar-refractivity contribution in [3.05, 3.63) is 92.9 Å². The Hall–Kier alpha value is -3.49. The molecule has 3 aliphatic rings. The van der Waals surface area contributed by atoms with E-state index in [0.717, 1.165) is 74.4 Å². The molecular formula is C34H41ClN4O3S. The number of likely N-dealkylation sites (tertiary alicyclic amines) is 1. The van der Waals surface area contributed by atoms with Crippen LogP contribution in [0.2, 0.25) is 5.02 Å².